The maximum Gasteiger partial charge on any atom is 0.339 e. The number of carbonyl (C=O) groups excluding carboxylic acids is 1. The van der Waals surface area contributed by atoms with Gasteiger partial charge in [0.05, 0.1) is 11.9 Å². The average molecular weight is 376 g/mol. The van der Waals surface area contributed by atoms with E-state index in [1.54, 1.807) is 24.3 Å². The van der Waals surface area contributed by atoms with Gasteiger partial charge in [0.25, 0.3) is 5.91 Å². The predicted octanol–water partition coefficient (Wildman–Crippen LogP) is 4.31. The molecule has 2 aromatic rings. The zero-order valence-corrected chi connectivity index (χ0v) is 15.6. The highest BCUT2D eigenvalue weighted by Crippen LogP contribution is 2.22. The number of aromatic nitrogens is 1. The van der Waals surface area contributed by atoms with Gasteiger partial charge < -0.3 is 15.3 Å². The van der Waals surface area contributed by atoms with Gasteiger partial charge in [0.15, 0.2) is 0 Å². The van der Waals surface area contributed by atoms with Crippen molar-refractivity contribution in [1.82, 2.24) is 4.98 Å². The first kappa shape index (κ1) is 19.7. The Hall–Kier alpha value is -2.60. The van der Waals surface area contributed by atoms with E-state index in [2.05, 4.69) is 17.2 Å². The molecule has 0 saturated heterocycles. The summed E-state index contributed by atoms with van der Waals surface area (Å²) in [4.78, 5) is 30.2. The summed E-state index contributed by atoms with van der Waals surface area (Å²) in [6.07, 6.45) is 3.42. The summed E-state index contributed by atoms with van der Waals surface area (Å²) in [7, 11) is 0. The second-order valence-corrected chi connectivity index (χ2v) is 6.23. The summed E-state index contributed by atoms with van der Waals surface area (Å²) in [5, 5.41) is 12.7. The van der Waals surface area contributed by atoms with Crippen molar-refractivity contribution in [3.8, 4) is 0 Å². The number of pyridine rings is 1. The fourth-order valence-corrected chi connectivity index (χ4v) is 2.72. The fraction of sp³-hybridized carbons (Fsp3) is 0.316. The van der Waals surface area contributed by atoms with Crippen molar-refractivity contribution >= 4 is 35.0 Å². The Labute approximate surface area is 157 Å². The number of carbonyl (C=O) groups is 2. The van der Waals surface area contributed by atoms with Gasteiger partial charge in [0.2, 0.25) is 0 Å². The van der Waals surface area contributed by atoms with Gasteiger partial charge in [-0.05, 0) is 37.6 Å². The number of anilines is 2. The Morgan fingerprint density at radius 1 is 1.27 bits per heavy atom. The van der Waals surface area contributed by atoms with Crippen molar-refractivity contribution in [2.45, 2.75) is 26.7 Å². The number of carboxylic acids is 1. The van der Waals surface area contributed by atoms with E-state index >= 15 is 0 Å². The van der Waals surface area contributed by atoms with Gasteiger partial charge in [-0.25, -0.2) is 9.78 Å². The molecule has 0 fully saturated rings. The van der Waals surface area contributed by atoms with E-state index < -0.39 is 5.97 Å². The normalized spacial score (nSPS) is 10.4. The highest BCUT2D eigenvalue weighted by molar-refractivity contribution is 6.31. The number of hydrogen-bond acceptors (Lipinski definition) is 4. The number of benzene rings is 1. The van der Waals surface area contributed by atoms with Crippen LogP contribution in [0.15, 0.2) is 36.5 Å². The van der Waals surface area contributed by atoms with Crippen molar-refractivity contribution in [1.29, 1.82) is 0 Å². The molecule has 1 heterocycles. The molecule has 0 atom stereocenters. The molecule has 2 N–H and O–H groups in total. The monoisotopic (exact) mass is 375 g/mol. The van der Waals surface area contributed by atoms with Crippen LogP contribution in [0.4, 0.5) is 11.5 Å². The summed E-state index contributed by atoms with van der Waals surface area (Å²) >= 11 is 5.90. The molecule has 0 aliphatic carbocycles. The number of nitrogens with one attached hydrogen (secondary N) is 1. The lowest BCUT2D eigenvalue weighted by Gasteiger charge is -2.23. The fourth-order valence-electron chi connectivity index (χ4n) is 2.53. The van der Waals surface area contributed by atoms with Crippen LogP contribution in [0.2, 0.25) is 5.02 Å². The largest absolute Gasteiger partial charge is 0.478 e. The predicted molar refractivity (Wildman–Crippen MR) is 103 cm³/mol. The van der Waals surface area contributed by atoms with Crippen LogP contribution >= 0.6 is 11.6 Å². The van der Waals surface area contributed by atoms with Crippen LogP contribution < -0.4 is 10.2 Å². The highest BCUT2D eigenvalue weighted by Gasteiger charge is 2.18. The molecule has 0 saturated carbocycles. The number of unbranched alkanes of at least 4 members (excludes halogenated alkanes) is 1. The number of aromatic carboxylic acids is 1. The van der Waals surface area contributed by atoms with Crippen molar-refractivity contribution in [3.05, 3.63) is 52.7 Å². The third-order valence-electron chi connectivity index (χ3n) is 3.90. The minimum atomic E-state index is -1.08. The second-order valence-electron chi connectivity index (χ2n) is 5.80. The number of halogens is 1. The van der Waals surface area contributed by atoms with Gasteiger partial charge in [0, 0.05) is 23.7 Å². The van der Waals surface area contributed by atoms with E-state index in [9.17, 15) is 14.7 Å². The maximum absolute atomic E-state index is 12.3. The Morgan fingerprint density at radius 3 is 2.65 bits per heavy atom. The third kappa shape index (κ3) is 4.95. The number of amides is 1. The van der Waals surface area contributed by atoms with Crippen molar-refractivity contribution in [3.63, 3.8) is 0 Å². The molecule has 26 heavy (non-hydrogen) atoms. The molecule has 0 spiro atoms. The molecule has 0 radical (unpaired) electrons. The molecular weight excluding hydrogens is 354 g/mol. The molecule has 0 aliphatic heterocycles. The van der Waals surface area contributed by atoms with E-state index in [-0.39, 0.29) is 11.5 Å². The number of rotatable bonds is 8. The first-order valence-corrected chi connectivity index (χ1v) is 8.89. The summed E-state index contributed by atoms with van der Waals surface area (Å²) in [5.74, 6) is -1.05. The van der Waals surface area contributed by atoms with E-state index in [1.165, 1.54) is 12.3 Å². The summed E-state index contributed by atoms with van der Waals surface area (Å²) in [6.45, 7) is 5.42. The molecule has 0 aliphatic rings. The van der Waals surface area contributed by atoms with Crippen LogP contribution in [-0.4, -0.2) is 35.1 Å². The highest BCUT2D eigenvalue weighted by atomic mass is 35.5. The van der Waals surface area contributed by atoms with Crippen molar-refractivity contribution in [2.24, 2.45) is 0 Å². The van der Waals surface area contributed by atoms with E-state index in [1.807, 2.05) is 11.8 Å². The minimum Gasteiger partial charge on any atom is -0.478 e. The first-order valence-electron chi connectivity index (χ1n) is 8.51. The third-order valence-corrected chi connectivity index (χ3v) is 4.14. The van der Waals surface area contributed by atoms with E-state index in [0.717, 1.165) is 19.4 Å². The molecule has 0 bridgehead atoms. The lowest BCUT2D eigenvalue weighted by Crippen LogP contribution is -2.27. The Kier molecular flexibility index (Phi) is 6.97. The zero-order chi connectivity index (χ0) is 19.1. The van der Waals surface area contributed by atoms with Crippen LogP contribution in [-0.2, 0) is 0 Å². The number of hydrogen-bond donors (Lipinski definition) is 2. The summed E-state index contributed by atoms with van der Waals surface area (Å²) in [5.41, 5.74) is 0.770. The summed E-state index contributed by atoms with van der Waals surface area (Å²) in [6, 6.07) is 7.95. The molecular formula is C19H22ClN3O3. The van der Waals surface area contributed by atoms with Gasteiger partial charge >= 0.3 is 5.97 Å². The molecule has 6 nitrogen and oxygen atoms in total. The Balaban J connectivity index is 2.27. The molecule has 1 aromatic carbocycles. The lowest BCUT2D eigenvalue weighted by atomic mass is 10.2. The first-order chi connectivity index (χ1) is 12.5. The van der Waals surface area contributed by atoms with Crippen molar-refractivity contribution in [2.75, 3.05) is 23.3 Å². The molecule has 7 heteroatoms. The van der Waals surface area contributed by atoms with Crippen LogP contribution in [0, 0.1) is 0 Å². The van der Waals surface area contributed by atoms with E-state index in [4.69, 9.17) is 11.6 Å². The van der Waals surface area contributed by atoms with Gasteiger partial charge in [-0.15, -0.1) is 0 Å². The van der Waals surface area contributed by atoms with Crippen LogP contribution in [0.5, 0.6) is 0 Å². The molecule has 0 unspecified atom stereocenters. The average Bonchev–Trinajstić information content (AvgIpc) is 2.63. The number of nitrogens with zero attached hydrogens (tertiary/aromatic N) is 2. The molecule has 1 aromatic heterocycles. The van der Waals surface area contributed by atoms with E-state index in [0.29, 0.717) is 28.6 Å². The standard InChI is InChI=1S/C19H22ClN3O3/c1-3-5-9-23(4-2)17-16(19(25)26)11-15(12-21-17)22-18(24)13-7-6-8-14(20)10-13/h6-8,10-12H,3-5,9H2,1-2H3,(H,22,24)(H,25,26). The maximum atomic E-state index is 12.3. The Morgan fingerprint density at radius 2 is 2.04 bits per heavy atom. The SMILES string of the molecule is CCCCN(CC)c1ncc(NC(=O)c2cccc(Cl)c2)cc1C(=O)O. The number of carboxylic acid groups (broad SMARTS) is 1. The topological polar surface area (TPSA) is 82.5 Å². The molecule has 138 valence electrons. The van der Waals surface area contributed by atoms with Crippen LogP contribution in [0.1, 0.15) is 47.4 Å². The van der Waals surface area contributed by atoms with Crippen LogP contribution in [0.3, 0.4) is 0 Å². The zero-order valence-electron chi connectivity index (χ0n) is 14.8. The molecule has 1 amide bonds. The van der Waals surface area contributed by atoms with Gasteiger partial charge in [-0.3, -0.25) is 4.79 Å². The molecule has 2 rings (SSSR count). The van der Waals surface area contributed by atoms with Gasteiger partial charge in [-0.1, -0.05) is 31.0 Å². The van der Waals surface area contributed by atoms with Gasteiger partial charge in [-0.2, -0.15) is 0 Å². The van der Waals surface area contributed by atoms with Gasteiger partial charge in [0.1, 0.15) is 11.4 Å². The Bertz CT molecular complexity index is 795. The smallest absolute Gasteiger partial charge is 0.339 e. The summed E-state index contributed by atoms with van der Waals surface area (Å²) < 4.78 is 0. The minimum absolute atomic E-state index is 0.0619. The lowest BCUT2D eigenvalue weighted by molar-refractivity contribution is 0.0696. The van der Waals surface area contributed by atoms with Crippen molar-refractivity contribution < 1.29 is 14.7 Å². The van der Waals surface area contributed by atoms with Crippen LogP contribution in [0.25, 0.3) is 0 Å². The second kappa shape index (κ2) is 9.20. The quantitative estimate of drug-likeness (QED) is 0.718.